The number of nitrogens with zero attached hydrogens (tertiary/aromatic N) is 1. The highest BCUT2D eigenvalue weighted by Gasteiger charge is 2.25. The SMILES string of the molecule is CCOC(=O)c1ccc2[nH]c3c(c2c1)CCCC3N=O. The molecule has 1 unspecified atom stereocenters. The number of nitroso groups, excluding NO2 is 1. The predicted octanol–water partition coefficient (Wildman–Crippen LogP) is 3.49. The molecule has 20 heavy (non-hydrogen) atoms. The summed E-state index contributed by atoms with van der Waals surface area (Å²) < 4.78 is 5.02. The molecule has 2 aromatic rings. The lowest BCUT2D eigenvalue weighted by atomic mass is 9.92. The van der Waals surface area contributed by atoms with Crippen molar-refractivity contribution >= 4 is 16.9 Å². The zero-order valence-electron chi connectivity index (χ0n) is 11.3. The molecular weight excluding hydrogens is 256 g/mol. The molecule has 0 fully saturated rings. The highest BCUT2D eigenvalue weighted by Crippen LogP contribution is 2.36. The fourth-order valence-electron chi connectivity index (χ4n) is 2.89. The molecule has 1 heterocycles. The molecule has 1 aromatic carbocycles. The van der Waals surface area contributed by atoms with Crippen molar-refractivity contribution in [2.24, 2.45) is 5.18 Å². The van der Waals surface area contributed by atoms with E-state index in [0.717, 1.165) is 41.4 Å². The molecule has 1 aliphatic rings. The molecule has 0 saturated carbocycles. The first-order valence-corrected chi connectivity index (χ1v) is 6.88. The van der Waals surface area contributed by atoms with Gasteiger partial charge < -0.3 is 9.72 Å². The topological polar surface area (TPSA) is 71.5 Å². The Morgan fingerprint density at radius 3 is 3.10 bits per heavy atom. The van der Waals surface area contributed by atoms with Crippen molar-refractivity contribution in [3.63, 3.8) is 0 Å². The number of hydrogen-bond acceptors (Lipinski definition) is 4. The zero-order chi connectivity index (χ0) is 14.1. The number of rotatable bonds is 3. The number of carbonyl (C=O) groups excluding carboxylic acids is 1. The molecule has 1 aliphatic carbocycles. The van der Waals surface area contributed by atoms with Gasteiger partial charge >= 0.3 is 5.97 Å². The summed E-state index contributed by atoms with van der Waals surface area (Å²) in [6, 6.07) is 5.15. The molecule has 1 aromatic heterocycles. The number of benzene rings is 1. The fourth-order valence-corrected chi connectivity index (χ4v) is 2.89. The van der Waals surface area contributed by atoms with Crippen LogP contribution in [-0.4, -0.2) is 17.6 Å². The number of H-pyrrole nitrogens is 1. The third-order valence-electron chi connectivity index (χ3n) is 3.82. The minimum Gasteiger partial charge on any atom is -0.462 e. The Morgan fingerprint density at radius 1 is 1.50 bits per heavy atom. The third kappa shape index (κ3) is 1.99. The second-order valence-corrected chi connectivity index (χ2v) is 5.01. The van der Waals surface area contributed by atoms with Crippen LogP contribution in [0.5, 0.6) is 0 Å². The Hall–Kier alpha value is -2.17. The largest absolute Gasteiger partial charge is 0.462 e. The van der Waals surface area contributed by atoms with Crippen LogP contribution in [0.4, 0.5) is 0 Å². The van der Waals surface area contributed by atoms with Crippen LogP contribution in [0.1, 0.15) is 47.4 Å². The molecule has 5 nitrogen and oxygen atoms in total. The van der Waals surface area contributed by atoms with Crippen LogP contribution in [0.25, 0.3) is 10.9 Å². The number of aromatic amines is 1. The smallest absolute Gasteiger partial charge is 0.338 e. The fraction of sp³-hybridized carbons (Fsp3) is 0.400. The second-order valence-electron chi connectivity index (χ2n) is 5.01. The molecule has 5 heteroatoms. The van der Waals surface area contributed by atoms with Crippen LogP contribution in [-0.2, 0) is 11.2 Å². The van der Waals surface area contributed by atoms with E-state index in [9.17, 15) is 9.70 Å². The minimum absolute atomic E-state index is 0.294. The van der Waals surface area contributed by atoms with Crippen LogP contribution in [0.15, 0.2) is 23.4 Å². The van der Waals surface area contributed by atoms with E-state index >= 15 is 0 Å². The number of hydrogen-bond donors (Lipinski definition) is 1. The van der Waals surface area contributed by atoms with Crippen molar-refractivity contribution in [2.45, 2.75) is 32.2 Å². The minimum atomic E-state index is -0.315. The molecule has 104 valence electrons. The lowest BCUT2D eigenvalue weighted by Crippen LogP contribution is -2.06. The van der Waals surface area contributed by atoms with Crippen LogP contribution >= 0.6 is 0 Å². The van der Waals surface area contributed by atoms with E-state index < -0.39 is 0 Å². The number of fused-ring (bicyclic) bond motifs is 3. The van der Waals surface area contributed by atoms with Gasteiger partial charge in [0.05, 0.1) is 12.2 Å². The molecule has 0 radical (unpaired) electrons. The maximum absolute atomic E-state index is 11.8. The molecule has 0 aliphatic heterocycles. The van der Waals surface area contributed by atoms with Crippen LogP contribution in [0.2, 0.25) is 0 Å². The monoisotopic (exact) mass is 272 g/mol. The van der Waals surface area contributed by atoms with Gasteiger partial charge in [0.1, 0.15) is 6.04 Å². The quantitative estimate of drug-likeness (QED) is 0.686. The van der Waals surface area contributed by atoms with E-state index in [-0.39, 0.29) is 12.0 Å². The van der Waals surface area contributed by atoms with Gasteiger partial charge in [0.15, 0.2) is 0 Å². The summed E-state index contributed by atoms with van der Waals surface area (Å²) in [4.78, 5) is 26.0. The maximum Gasteiger partial charge on any atom is 0.338 e. The van der Waals surface area contributed by atoms with Gasteiger partial charge in [-0.25, -0.2) is 4.79 Å². The molecule has 1 atom stereocenters. The van der Waals surface area contributed by atoms with E-state index in [1.807, 2.05) is 12.1 Å². The zero-order valence-corrected chi connectivity index (χ0v) is 11.3. The lowest BCUT2D eigenvalue weighted by molar-refractivity contribution is 0.0526. The molecule has 0 bridgehead atoms. The highest BCUT2D eigenvalue weighted by molar-refractivity contribution is 5.96. The summed E-state index contributed by atoms with van der Waals surface area (Å²) in [6.45, 7) is 2.15. The first kappa shape index (κ1) is 12.8. The molecule has 0 saturated heterocycles. The van der Waals surface area contributed by atoms with Crippen LogP contribution < -0.4 is 0 Å². The summed E-state index contributed by atoms with van der Waals surface area (Å²) in [5, 5.41) is 4.20. The van der Waals surface area contributed by atoms with E-state index in [4.69, 9.17) is 4.74 Å². The number of aromatic nitrogens is 1. The summed E-state index contributed by atoms with van der Waals surface area (Å²) in [5.41, 5.74) is 3.50. The van der Waals surface area contributed by atoms with E-state index in [1.54, 1.807) is 13.0 Å². The molecule has 0 spiro atoms. The van der Waals surface area contributed by atoms with Crippen molar-refractivity contribution < 1.29 is 9.53 Å². The van der Waals surface area contributed by atoms with Gasteiger partial charge in [-0.2, -0.15) is 4.91 Å². The van der Waals surface area contributed by atoms with E-state index in [1.165, 1.54) is 0 Å². The Balaban J connectivity index is 2.10. The first-order chi connectivity index (χ1) is 9.74. The number of aryl methyl sites for hydroxylation is 1. The average molecular weight is 272 g/mol. The van der Waals surface area contributed by atoms with Crippen LogP contribution in [0.3, 0.4) is 0 Å². The molecule has 3 rings (SSSR count). The van der Waals surface area contributed by atoms with Gasteiger partial charge in [-0.3, -0.25) is 0 Å². The van der Waals surface area contributed by atoms with Gasteiger partial charge in [0.25, 0.3) is 0 Å². The molecule has 0 amide bonds. The number of nitrogens with one attached hydrogen (secondary N) is 1. The maximum atomic E-state index is 11.8. The van der Waals surface area contributed by atoms with Crippen molar-refractivity contribution in [3.8, 4) is 0 Å². The van der Waals surface area contributed by atoms with Crippen molar-refractivity contribution in [3.05, 3.63) is 39.9 Å². The van der Waals surface area contributed by atoms with Crippen molar-refractivity contribution in [1.82, 2.24) is 4.98 Å². The van der Waals surface area contributed by atoms with Crippen molar-refractivity contribution in [1.29, 1.82) is 0 Å². The lowest BCUT2D eigenvalue weighted by Gasteiger charge is -2.16. The third-order valence-corrected chi connectivity index (χ3v) is 3.82. The highest BCUT2D eigenvalue weighted by atomic mass is 16.5. The Kier molecular flexibility index (Phi) is 3.26. The van der Waals surface area contributed by atoms with Crippen molar-refractivity contribution in [2.75, 3.05) is 6.61 Å². The van der Waals surface area contributed by atoms with Gasteiger partial charge in [-0.1, -0.05) is 5.18 Å². The summed E-state index contributed by atoms with van der Waals surface area (Å²) in [5.74, 6) is -0.315. The molecular formula is C15H16N2O3. The van der Waals surface area contributed by atoms with E-state index in [0.29, 0.717) is 12.2 Å². The van der Waals surface area contributed by atoms with Crippen LogP contribution in [0, 0.1) is 4.91 Å². The normalized spacial score (nSPS) is 17.8. The summed E-state index contributed by atoms with van der Waals surface area (Å²) in [6.07, 6.45) is 2.64. The second kappa shape index (κ2) is 5.07. The van der Waals surface area contributed by atoms with Gasteiger partial charge in [-0.15, -0.1) is 0 Å². The van der Waals surface area contributed by atoms with Gasteiger partial charge in [0.2, 0.25) is 0 Å². The Labute approximate surface area is 116 Å². The Bertz CT molecular complexity index is 675. The molecule has 1 N–H and O–H groups in total. The predicted molar refractivity (Wildman–Crippen MR) is 75.7 cm³/mol. The van der Waals surface area contributed by atoms with Gasteiger partial charge in [-0.05, 0) is 49.9 Å². The number of esters is 1. The number of ether oxygens (including phenoxy) is 1. The standard InChI is InChI=1S/C15H16N2O3/c1-2-20-15(18)9-6-7-12-11(8-9)10-4-3-5-13(17-19)14(10)16-12/h6-8,13,16H,2-5H2,1H3. The summed E-state index contributed by atoms with van der Waals surface area (Å²) in [7, 11) is 0. The number of carbonyl (C=O) groups is 1. The Morgan fingerprint density at radius 2 is 2.35 bits per heavy atom. The summed E-state index contributed by atoms with van der Waals surface area (Å²) >= 11 is 0. The average Bonchev–Trinajstić information content (AvgIpc) is 2.85. The first-order valence-electron chi connectivity index (χ1n) is 6.88. The van der Waals surface area contributed by atoms with E-state index in [2.05, 4.69) is 10.2 Å². The van der Waals surface area contributed by atoms with Gasteiger partial charge in [0, 0.05) is 16.6 Å².